The van der Waals surface area contributed by atoms with Crippen LogP contribution in [-0.4, -0.2) is 20.1 Å². The van der Waals surface area contributed by atoms with E-state index >= 15 is 0 Å². The summed E-state index contributed by atoms with van der Waals surface area (Å²) in [5, 5.41) is 0.925. The highest BCUT2D eigenvalue weighted by molar-refractivity contribution is 6.93. The smallest absolute Gasteiger partial charge is 0.403 e. The minimum atomic E-state index is -2.20. The standard InChI is InChI=1S/C23H21ClO2Si/c1-27(2,17-10-4-3-5-11-17)23(16-26-22(24)25)20-14-8-6-12-18(20)19-13-7-9-15-21(19)23/h3-15H,16H2,1-2H3. The fourth-order valence-corrected chi connectivity index (χ4v) is 8.39. The van der Waals surface area contributed by atoms with Gasteiger partial charge in [0.2, 0.25) is 0 Å². The van der Waals surface area contributed by atoms with Crippen LogP contribution in [-0.2, 0) is 9.78 Å². The average Bonchev–Trinajstić information content (AvgIpc) is 2.99. The molecule has 0 fully saturated rings. The van der Waals surface area contributed by atoms with Gasteiger partial charge in [0.15, 0.2) is 0 Å². The van der Waals surface area contributed by atoms with Gasteiger partial charge in [0.05, 0.1) is 5.04 Å². The number of hydrogen-bond donors (Lipinski definition) is 0. The van der Waals surface area contributed by atoms with Gasteiger partial charge in [0, 0.05) is 11.6 Å². The van der Waals surface area contributed by atoms with Crippen molar-refractivity contribution in [1.82, 2.24) is 0 Å². The van der Waals surface area contributed by atoms with Gasteiger partial charge >= 0.3 is 5.43 Å². The Morgan fingerprint density at radius 3 is 1.85 bits per heavy atom. The molecule has 0 aromatic heterocycles. The molecule has 4 rings (SSSR count). The Labute approximate surface area is 165 Å². The predicted molar refractivity (Wildman–Crippen MR) is 113 cm³/mol. The lowest BCUT2D eigenvalue weighted by Gasteiger charge is -2.44. The second-order valence-electron chi connectivity index (χ2n) is 7.51. The van der Waals surface area contributed by atoms with Crippen molar-refractivity contribution < 1.29 is 9.53 Å². The molecule has 136 valence electrons. The molecular formula is C23H21ClO2Si. The molecular weight excluding hydrogens is 372 g/mol. The van der Waals surface area contributed by atoms with Crippen LogP contribution in [0, 0.1) is 0 Å². The number of rotatable bonds is 4. The lowest BCUT2D eigenvalue weighted by atomic mass is 9.96. The van der Waals surface area contributed by atoms with E-state index < -0.39 is 18.5 Å². The van der Waals surface area contributed by atoms with Crippen molar-refractivity contribution in [3.63, 3.8) is 0 Å². The van der Waals surface area contributed by atoms with E-state index in [-0.39, 0.29) is 6.61 Å². The van der Waals surface area contributed by atoms with E-state index in [9.17, 15) is 4.79 Å². The zero-order valence-electron chi connectivity index (χ0n) is 15.4. The lowest BCUT2D eigenvalue weighted by Crippen LogP contribution is -2.62. The zero-order chi connectivity index (χ0) is 19.1. The van der Waals surface area contributed by atoms with E-state index in [0.717, 1.165) is 0 Å². The molecule has 0 spiro atoms. The highest BCUT2D eigenvalue weighted by atomic mass is 35.5. The number of carbonyl (C=O) groups is 1. The predicted octanol–water partition coefficient (Wildman–Crippen LogP) is 5.48. The third kappa shape index (κ3) is 2.65. The van der Waals surface area contributed by atoms with Gasteiger partial charge in [-0.3, -0.25) is 0 Å². The molecule has 0 saturated heterocycles. The molecule has 0 radical (unpaired) electrons. The van der Waals surface area contributed by atoms with Crippen molar-refractivity contribution in [2.75, 3.05) is 6.61 Å². The summed E-state index contributed by atoms with van der Waals surface area (Å²) < 4.78 is 5.51. The minimum Gasteiger partial charge on any atom is -0.453 e. The second-order valence-corrected chi connectivity index (χ2v) is 12.5. The molecule has 2 nitrogen and oxygen atoms in total. The van der Waals surface area contributed by atoms with Crippen LogP contribution in [0.4, 0.5) is 4.79 Å². The Morgan fingerprint density at radius 2 is 1.33 bits per heavy atom. The summed E-state index contributed by atoms with van der Waals surface area (Å²) in [4.78, 5) is 11.6. The van der Waals surface area contributed by atoms with Crippen LogP contribution in [0.5, 0.6) is 0 Å². The minimum absolute atomic E-state index is 0.247. The van der Waals surface area contributed by atoms with E-state index in [1.807, 2.05) is 6.07 Å². The first-order valence-corrected chi connectivity index (χ1v) is 12.4. The summed E-state index contributed by atoms with van der Waals surface area (Å²) in [6.07, 6.45) is 0. The third-order valence-electron chi connectivity index (χ3n) is 6.03. The molecule has 1 aliphatic carbocycles. The molecule has 0 bridgehead atoms. The van der Waals surface area contributed by atoms with Crippen molar-refractivity contribution in [2.24, 2.45) is 0 Å². The van der Waals surface area contributed by atoms with Gasteiger partial charge in [0.25, 0.3) is 0 Å². The highest BCUT2D eigenvalue weighted by Gasteiger charge is 2.55. The summed E-state index contributed by atoms with van der Waals surface area (Å²) in [6, 6.07) is 27.5. The molecule has 0 unspecified atom stereocenters. The fourth-order valence-electron chi connectivity index (χ4n) is 4.60. The fraction of sp³-hybridized carbons (Fsp3) is 0.174. The van der Waals surface area contributed by atoms with Crippen molar-refractivity contribution in [3.05, 3.63) is 90.0 Å². The summed E-state index contributed by atoms with van der Waals surface area (Å²) in [7, 11) is -2.20. The van der Waals surface area contributed by atoms with Gasteiger partial charge in [-0.05, 0) is 22.3 Å². The summed E-state index contributed by atoms with van der Waals surface area (Å²) in [5.74, 6) is 0. The van der Waals surface area contributed by atoms with E-state index in [2.05, 4.69) is 85.9 Å². The van der Waals surface area contributed by atoms with E-state index in [4.69, 9.17) is 16.3 Å². The third-order valence-corrected chi connectivity index (χ3v) is 10.7. The molecule has 0 saturated carbocycles. The zero-order valence-corrected chi connectivity index (χ0v) is 17.2. The van der Waals surface area contributed by atoms with E-state index in [0.29, 0.717) is 0 Å². The molecule has 0 aliphatic heterocycles. The number of fused-ring (bicyclic) bond motifs is 3. The van der Waals surface area contributed by atoms with Crippen LogP contribution >= 0.6 is 11.6 Å². The number of hydrogen-bond acceptors (Lipinski definition) is 2. The molecule has 4 heteroatoms. The summed E-state index contributed by atoms with van der Waals surface area (Å²) in [5.41, 5.74) is 4.13. The van der Waals surface area contributed by atoms with E-state index in [1.165, 1.54) is 27.4 Å². The van der Waals surface area contributed by atoms with Gasteiger partial charge in [-0.15, -0.1) is 0 Å². The SMILES string of the molecule is C[Si](C)(c1ccccc1)C1(COC(=O)Cl)c2ccccc2-c2ccccc21. The van der Waals surface area contributed by atoms with Crippen LogP contribution in [0.15, 0.2) is 78.9 Å². The van der Waals surface area contributed by atoms with Crippen molar-refractivity contribution >= 4 is 30.3 Å². The van der Waals surface area contributed by atoms with Crippen molar-refractivity contribution in [1.29, 1.82) is 0 Å². The highest BCUT2D eigenvalue weighted by Crippen LogP contribution is 2.53. The van der Waals surface area contributed by atoms with Crippen molar-refractivity contribution in [3.8, 4) is 11.1 Å². The molecule has 0 heterocycles. The van der Waals surface area contributed by atoms with Crippen LogP contribution in [0.1, 0.15) is 11.1 Å². The second kappa shape index (κ2) is 6.66. The van der Waals surface area contributed by atoms with Crippen molar-refractivity contribution in [2.45, 2.75) is 18.1 Å². The first-order valence-electron chi connectivity index (χ1n) is 9.05. The molecule has 3 aromatic carbocycles. The van der Waals surface area contributed by atoms with Gasteiger partial charge in [-0.1, -0.05) is 97.1 Å². The van der Waals surface area contributed by atoms with Crippen LogP contribution in [0.25, 0.3) is 11.1 Å². The van der Waals surface area contributed by atoms with Crippen LogP contribution < -0.4 is 5.19 Å². The molecule has 0 N–H and O–H groups in total. The average molecular weight is 393 g/mol. The normalized spacial score (nSPS) is 14.3. The summed E-state index contributed by atoms with van der Waals surface area (Å²) >= 11 is 5.62. The first kappa shape index (κ1) is 18.0. The van der Waals surface area contributed by atoms with Crippen LogP contribution in [0.2, 0.25) is 13.1 Å². The topological polar surface area (TPSA) is 26.3 Å². The Hall–Kier alpha value is -2.36. The first-order chi connectivity index (χ1) is 13.0. The van der Waals surface area contributed by atoms with Gasteiger partial charge in [-0.25, -0.2) is 4.79 Å². The maximum absolute atomic E-state index is 11.6. The van der Waals surface area contributed by atoms with E-state index in [1.54, 1.807) is 0 Å². The molecule has 1 aliphatic rings. The molecule has 3 aromatic rings. The Balaban J connectivity index is 2.04. The Kier molecular flexibility index (Phi) is 4.45. The number of halogens is 1. The molecule has 0 atom stereocenters. The number of carbonyl (C=O) groups excluding carboxylic acids is 1. The maximum atomic E-state index is 11.6. The van der Waals surface area contributed by atoms with Gasteiger partial charge < -0.3 is 4.74 Å². The quantitative estimate of drug-likeness (QED) is 0.434. The largest absolute Gasteiger partial charge is 0.453 e. The molecule has 27 heavy (non-hydrogen) atoms. The maximum Gasteiger partial charge on any atom is 0.403 e. The number of ether oxygens (including phenoxy) is 1. The Bertz CT molecular complexity index is 953. The number of benzene rings is 3. The molecule has 0 amide bonds. The monoisotopic (exact) mass is 392 g/mol. The summed E-state index contributed by atoms with van der Waals surface area (Å²) in [6.45, 7) is 4.95. The van der Waals surface area contributed by atoms with Crippen LogP contribution in [0.3, 0.4) is 0 Å². The Morgan fingerprint density at radius 1 is 0.852 bits per heavy atom. The van der Waals surface area contributed by atoms with Gasteiger partial charge in [-0.2, -0.15) is 0 Å². The van der Waals surface area contributed by atoms with Gasteiger partial charge in [0.1, 0.15) is 14.7 Å². The lowest BCUT2D eigenvalue weighted by molar-refractivity contribution is 0.163.